The molecule has 0 fully saturated rings. The number of benzene rings is 4. The molecule has 2 aromatic heterocycles. The third kappa shape index (κ3) is 12.9. The fourth-order valence-electron chi connectivity index (χ4n) is 6.41. The number of carbonyl (C=O) groups excluding carboxylic acids is 2. The summed E-state index contributed by atoms with van der Waals surface area (Å²) in [6, 6.07) is 32.5. The fraction of sp³-hybridized carbons (Fsp3) is 0.280. The van der Waals surface area contributed by atoms with Crippen molar-refractivity contribution in [1.29, 1.82) is 0 Å². The number of anilines is 2. The average Bonchev–Trinajstić information content (AvgIpc) is 3.33. The van der Waals surface area contributed by atoms with Crippen LogP contribution in [0, 0.1) is 13.8 Å². The minimum atomic E-state index is -0.612. The van der Waals surface area contributed by atoms with Crippen molar-refractivity contribution in [2.24, 2.45) is 0 Å². The first-order valence-electron chi connectivity index (χ1n) is 20.8. The third-order valence-electron chi connectivity index (χ3n) is 9.89. The van der Waals surface area contributed by atoms with Crippen LogP contribution in [0.3, 0.4) is 0 Å². The zero-order chi connectivity index (χ0) is 45.8. The van der Waals surface area contributed by atoms with Crippen molar-refractivity contribution in [2.75, 3.05) is 50.6 Å². The summed E-state index contributed by atoms with van der Waals surface area (Å²) in [5.74, 6) is 3.98. The van der Waals surface area contributed by atoms with E-state index in [1.165, 1.54) is 0 Å². The summed E-state index contributed by atoms with van der Waals surface area (Å²) in [7, 11) is 3.16. The van der Waals surface area contributed by atoms with Crippen LogP contribution < -0.4 is 38.2 Å². The van der Waals surface area contributed by atoms with Crippen molar-refractivity contribution in [3.05, 3.63) is 144 Å². The van der Waals surface area contributed by atoms with Crippen LogP contribution in [0.5, 0.6) is 46.3 Å². The molecule has 0 radical (unpaired) electrons. The lowest BCUT2D eigenvalue weighted by atomic mass is 10.1. The van der Waals surface area contributed by atoms with Gasteiger partial charge in [-0.15, -0.1) is 0 Å². The number of ether oxygens (including phenoxy) is 6. The van der Waals surface area contributed by atoms with E-state index in [1.807, 2.05) is 63.2 Å². The zero-order valence-corrected chi connectivity index (χ0v) is 37.0. The Bertz CT molecular complexity index is 2430. The quantitative estimate of drug-likeness (QED) is 0.0733. The molecule has 6 aromatic rings. The molecule has 2 amide bonds. The third-order valence-corrected chi connectivity index (χ3v) is 9.89. The van der Waals surface area contributed by atoms with Gasteiger partial charge < -0.3 is 38.2 Å². The van der Waals surface area contributed by atoms with Crippen molar-refractivity contribution in [2.45, 2.75) is 53.6 Å². The van der Waals surface area contributed by atoms with Crippen molar-refractivity contribution in [3.63, 3.8) is 0 Å². The van der Waals surface area contributed by atoms with Crippen LogP contribution >= 0.6 is 0 Å². The van der Waals surface area contributed by atoms with Crippen LogP contribution in [0.2, 0.25) is 0 Å². The van der Waals surface area contributed by atoms with E-state index in [2.05, 4.69) is 9.97 Å². The van der Waals surface area contributed by atoms with Gasteiger partial charge in [0.25, 0.3) is 0 Å². The molecule has 6 rings (SSSR count). The van der Waals surface area contributed by atoms with Gasteiger partial charge in [-0.1, -0.05) is 44.2 Å². The van der Waals surface area contributed by atoms with Gasteiger partial charge in [-0.25, -0.2) is 18.7 Å². The Labute approximate surface area is 373 Å². The van der Waals surface area contributed by atoms with Gasteiger partial charge >= 0.3 is 0 Å². The van der Waals surface area contributed by atoms with Gasteiger partial charge in [0.05, 0.1) is 27.3 Å². The number of methoxy groups -OCH3 is 2. The molecule has 14 heteroatoms. The summed E-state index contributed by atoms with van der Waals surface area (Å²) in [5.41, 5.74) is 4.74. The summed E-state index contributed by atoms with van der Waals surface area (Å²) < 4.78 is 58.8. The van der Waals surface area contributed by atoms with E-state index in [4.69, 9.17) is 28.4 Å². The lowest BCUT2D eigenvalue weighted by Gasteiger charge is -2.25. The number of aromatic nitrogens is 2. The number of carbonyl (C=O) groups is 2. The first kappa shape index (κ1) is 47.8. The summed E-state index contributed by atoms with van der Waals surface area (Å²) in [6.07, 6.45) is 3.84. The molecule has 0 aliphatic carbocycles. The van der Waals surface area contributed by atoms with E-state index >= 15 is 0 Å². The highest BCUT2D eigenvalue weighted by Gasteiger charge is 2.24. The fourth-order valence-corrected chi connectivity index (χ4v) is 6.41. The lowest BCUT2D eigenvalue weighted by Crippen LogP contribution is -2.30. The van der Waals surface area contributed by atoms with Gasteiger partial charge in [0.1, 0.15) is 72.4 Å². The second kappa shape index (κ2) is 24.4. The number of amides is 2. The number of nitrogens with zero attached hydrogens (tertiary/aromatic N) is 4. The Balaban J connectivity index is 0.000000241. The van der Waals surface area contributed by atoms with Crippen LogP contribution in [0.4, 0.5) is 20.2 Å². The molecule has 0 bridgehead atoms. The standard InChI is InChI=1S/C26H29FN2O4.C24H25FN2O4/c1-5-25(30)29(17-20-16-21(31-4)11-12-24(20)32-15-13-27)22-9-7-14-28-26(22)33-23-10-6-8-18(2)19(23)3;1-3-23(28)27(17-18-7-4-5-9-22(18)29-2)21-8-6-15-26-24(21)31-20-12-10-19(11-13-20)30-16-14-25/h6-12,14,16H,5,13,15,17H2,1-4H3;4-13,15H,3,14,16-17H2,1-2H3/i27-1;25-1. The van der Waals surface area contributed by atoms with Gasteiger partial charge in [-0.3, -0.25) is 9.59 Å². The molecular weight excluding hydrogens is 821 g/mol. The van der Waals surface area contributed by atoms with Crippen molar-refractivity contribution >= 4 is 23.2 Å². The highest BCUT2D eigenvalue weighted by molar-refractivity contribution is 5.95. The molecule has 12 nitrogen and oxygen atoms in total. The Morgan fingerprint density at radius 3 is 1.73 bits per heavy atom. The van der Waals surface area contributed by atoms with Crippen molar-refractivity contribution < 1.29 is 46.8 Å². The number of rotatable bonds is 20. The van der Waals surface area contributed by atoms with E-state index in [0.29, 0.717) is 76.2 Å². The SMILES string of the molecule is CCC(=O)N(Cc1cc(OC)ccc1OCC[18F])c1cccnc1Oc1cccc(C)c1C.CCC(=O)N(Cc1ccccc1OC)c1cccnc1Oc1ccc(OCC[18F])cc1. The molecule has 0 N–H and O–H groups in total. The van der Waals surface area contributed by atoms with Gasteiger partial charge in [0, 0.05) is 36.4 Å². The molecular formula is C50H54F2N4O8. The molecule has 336 valence electrons. The van der Waals surface area contributed by atoms with E-state index in [1.54, 1.807) is 110 Å². The maximum absolute atomic E-state index is 13.0. The van der Waals surface area contributed by atoms with Crippen LogP contribution in [0.1, 0.15) is 48.9 Å². The predicted molar refractivity (Wildman–Crippen MR) is 243 cm³/mol. The molecule has 0 aliphatic rings. The van der Waals surface area contributed by atoms with Crippen molar-refractivity contribution in [1.82, 2.24) is 9.97 Å². The van der Waals surface area contributed by atoms with Crippen LogP contribution in [-0.2, 0) is 22.7 Å². The highest BCUT2D eigenvalue weighted by atomic mass is 18.2. The number of pyridine rings is 2. The molecule has 2 heterocycles. The minimum absolute atomic E-state index is 0.00162. The second-order valence-electron chi connectivity index (χ2n) is 14.1. The van der Waals surface area contributed by atoms with Gasteiger partial charge in [0.2, 0.25) is 23.6 Å². The number of halogens is 2. The maximum atomic E-state index is 13.0. The van der Waals surface area contributed by atoms with Gasteiger partial charge in [-0.05, 0) is 104 Å². The summed E-state index contributed by atoms with van der Waals surface area (Å²) in [6.45, 7) is 6.85. The number of para-hydroxylation sites is 1. The molecule has 4 aromatic carbocycles. The summed E-state index contributed by atoms with van der Waals surface area (Å²) in [5, 5.41) is 0. The Hall–Kier alpha value is -7.22. The number of hydrogen-bond donors (Lipinski definition) is 0. The van der Waals surface area contributed by atoms with Crippen LogP contribution in [-0.4, -0.2) is 62.6 Å². The van der Waals surface area contributed by atoms with Crippen LogP contribution in [0.15, 0.2) is 122 Å². The zero-order valence-electron chi connectivity index (χ0n) is 37.0. The predicted octanol–water partition coefficient (Wildman–Crippen LogP) is 11.0. The van der Waals surface area contributed by atoms with Gasteiger partial charge in [0.15, 0.2) is 0 Å². The number of aryl methyl sites for hydroxylation is 1. The smallest absolute Gasteiger partial charge is 0.243 e. The van der Waals surface area contributed by atoms with Gasteiger partial charge in [-0.2, -0.15) is 0 Å². The highest BCUT2D eigenvalue weighted by Crippen LogP contribution is 2.36. The largest absolute Gasteiger partial charge is 0.497 e. The molecule has 0 saturated heterocycles. The van der Waals surface area contributed by atoms with Crippen LogP contribution in [0.25, 0.3) is 0 Å². The van der Waals surface area contributed by atoms with E-state index < -0.39 is 13.3 Å². The first-order valence-corrected chi connectivity index (χ1v) is 20.8. The molecule has 0 saturated carbocycles. The minimum Gasteiger partial charge on any atom is -0.497 e. The Morgan fingerprint density at radius 1 is 0.562 bits per heavy atom. The first-order chi connectivity index (χ1) is 31.1. The van der Waals surface area contributed by atoms with E-state index in [0.717, 1.165) is 16.7 Å². The Kier molecular flexibility index (Phi) is 18.3. The van der Waals surface area contributed by atoms with E-state index in [9.17, 15) is 18.4 Å². The lowest BCUT2D eigenvalue weighted by molar-refractivity contribution is -0.119. The monoisotopic (exact) mass is 874 g/mol. The normalized spacial score (nSPS) is 10.5. The van der Waals surface area contributed by atoms with E-state index in [-0.39, 0.29) is 38.0 Å². The average molecular weight is 875 g/mol. The summed E-state index contributed by atoms with van der Waals surface area (Å²) >= 11 is 0. The Morgan fingerprint density at radius 2 is 1.12 bits per heavy atom. The second-order valence-corrected chi connectivity index (χ2v) is 14.1. The number of alkyl halides is 2. The summed E-state index contributed by atoms with van der Waals surface area (Å²) in [4.78, 5) is 37.8. The molecule has 0 unspecified atom stereocenters. The molecule has 0 aliphatic heterocycles. The maximum Gasteiger partial charge on any atom is 0.243 e. The molecule has 0 spiro atoms. The van der Waals surface area contributed by atoms with Crippen molar-refractivity contribution in [3.8, 4) is 46.3 Å². The number of hydrogen-bond acceptors (Lipinski definition) is 10. The molecule has 64 heavy (non-hydrogen) atoms. The molecule has 0 atom stereocenters. The topological polar surface area (TPSA) is 122 Å².